The molecule has 0 saturated carbocycles. The summed E-state index contributed by atoms with van der Waals surface area (Å²) >= 11 is 0. The highest BCUT2D eigenvalue weighted by atomic mass is 19.1. The second-order valence-corrected chi connectivity index (χ2v) is 7.13. The van der Waals surface area contributed by atoms with Gasteiger partial charge in [0.25, 0.3) is 0 Å². The predicted molar refractivity (Wildman–Crippen MR) is 111 cm³/mol. The standard InChI is InChI=1S/C23H26FN3O3/c1-29-20-8-4-18(5-9-20)22(17-25)26-12-14-27(15-13-26)23(28)3-2-16-30-21-10-6-19(24)7-11-21/h4-11,22H,2-3,12-16H2,1H3. The van der Waals surface area contributed by atoms with Gasteiger partial charge in [0.2, 0.25) is 5.91 Å². The Labute approximate surface area is 176 Å². The van der Waals surface area contributed by atoms with Crippen molar-refractivity contribution in [2.45, 2.75) is 18.9 Å². The molecule has 6 nitrogen and oxygen atoms in total. The first-order valence-corrected chi connectivity index (χ1v) is 10.0. The van der Waals surface area contributed by atoms with Crippen molar-refractivity contribution in [3.63, 3.8) is 0 Å². The van der Waals surface area contributed by atoms with Crippen molar-refractivity contribution in [2.75, 3.05) is 39.9 Å². The van der Waals surface area contributed by atoms with E-state index in [-0.39, 0.29) is 17.8 Å². The van der Waals surface area contributed by atoms with Gasteiger partial charge in [0, 0.05) is 32.6 Å². The number of methoxy groups -OCH3 is 1. The minimum Gasteiger partial charge on any atom is -0.497 e. The molecule has 0 N–H and O–H groups in total. The number of halogens is 1. The maximum absolute atomic E-state index is 12.9. The highest BCUT2D eigenvalue weighted by molar-refractivity contribution is 5.76. The van der Waals surface area contributed by atoms with Crippen LogP contribution < -0.4 is 9.47 Å². The molecule has 2 aromatic rings. The summed E-state index contributed by atoms with van der Waals surface area (Å²) in [6, 6.07) is 15.4. The van der Waals surface area contributed by atoms with E-state index in [1.165, 1.54) is 12.1 Å². The number of hydrogen-bond donors (Lipinski definition) is 0. The monoisotopic (exact) mass is 411 g/mol. The molecule has 1 saturated heterocycles. The third-order valence-corrected chi connectivity index (χ3v) is 5.20. The minimum absolute atomic E-state index is 0.0929. The van der Waals surface area contributed by atoms with Crippen LogP contribution in [0.2, 0.25) is 0 Å². The maximum atomic E-state index is 12.9. The van der Waals surface area contributed by atoms with Crippen molar-refractivity contribution in [2.24, 2.45) is 0 Å². The molecule has 30 heavy (non-hydrogen) atoms. The summed E-state index contributed by atoms with van der Waals surface area (Å²) in [4.78, 5) is 16.4. The fourth-order valence-electron chi connectivity index (χ4n) is 3.49. The summed E-state index contributed by atoms with van der Waals surface area (Å²) < 4.78 is 23.6. The normalized spacial score (nSPS) is 15.3. The van der Waals surface area contributed by atoms with Crippen molar-refractivity contribution in [1.29, 1.82) is 5.26 Å². The van der Waals surface area contributed by atoms with E-state index in [4.69, 9.17) is 9.47 Å². The fourth-order valence-corrected chi connectivity index (χ4v) is 3.49. The van der Waals surface area contributed by atoms with E-state index in [0.29, 0.717) is 51.4 Å². The summed E-state index contributed by atoms with van der Waals surface area (Å²) in [5.74, 6) is 1.14. The van der Waals surface area contributed by atoms with Crippen LogP contribution in [0.4, 0.5) is 4.39 Å². The molecule has 0 radical (unpaired) electrons. The first-order valence-electron chi connectivity index (χ1n) is 10.0. The quantitative estimate of drug-likeness (QED) is 0.623. The molecule has 2 aromatic carbocycles. The maximum Gasteiger partial charge on any atom is 0.222 e. The first-order chi connectivity index (χ1) is 14.6. The molecule has 0 aromatic heterocycles. The number of amides is 1. The van der Waals surface area contributed by atoms with Gasteiger partial charge in [0.15, 0.2) is 0 Å². The molecule has 1 heterocycles. The van der Waals surface area contributed by atoms with E-state index in [2.05, 4.69) is 11.0 Å². The smallest absolute Gasteiger partial charge is 0.222 e. The summed E-state index contributed by atoms with van der Waals surface area (Å²) in [5, 5.41) is 9.65. The van der Waals surface area contributed by atoms with Crippen molar-refractivity contribution < 1.29 is 18.7 Å². The van der Waals surface area contributed by atoms with Gasteiger partial charge in [0.05, 0.1) is 19.8 Å². The van der Waals surface area contributed by atoms with Crippen LogP contribution in [0.15, 0.2) is 48.5 Å². The van der Waals surface area contributed by atoms with Crippen molar-refractivity contribution in [1.82, 2.24) is 9.80 Å². The molecule has 1 fully saturated rings. The van der Waals surface area contributed by atoms with Gasteiger partial charge in [-0.15, -0.1) is 0 Å². The second-order valence-electron chi connectivity index (χ2n) is 7.13. The molecule has 1 atom stereocenters. The number of piperazine rings is 1. The number of carbonyl (C=O) groups excluding carboxylic acids is 1. The Bertz CT molecular complexity index is 857. The minimum atomic E-state index is -0.336. The second kappa shape index (κ2) is 10.6. The SMILES string of the molecule is COc1ccc(C(C#N)N2CCN(C(=O)CCCOc3ccc(F)cc3)CC2)cc1. The predicted octanol–water partition coefficient (Wildman–Crippen LogP) is 3.40. The summed E-state index contributed by atoms with van der Waals surface area (Å²) in [5.41, 5.74) is 0.927. The van der Waals surface area contributed by atoms with Gasteiger partial charge in [0.1, 0.15) is 23.4 Å². The number of nitrogens with zero attached hydrogens (tertiary/aromatic N) is 3. The van der Waals surface area contributed by atoms with Crippen LogP contribution in [0.25, 0.3) is 0 Å². The van der Waals surface area contributed by atoms with Crippen LogP contribution in [0.3, 0.4) is 0 Å². The van der Waals surface area contributed by atoms with Crippen LogP contribution in [0.5, 0.6) is 11.5 Å². The van der Waals surface area contributed by atoms with E-state index in [1.54, 1.807) is 19.2 Å². The largest absolute Gasteiger partial charge is 0.497 e. The molecule has 0 aliphatic carbocycles. The van der Waals surface area contributed by atoms with E-state index in [0.717, 1.165) is 11.3 Å². The highest BCUT2D eigenvalue weighted by Gasteiger charge is 2.26. The summed E-state index contributed by atoms with van der Waals surface area (Å²) in [6.45, 7) is 2.92. The molecule has 1 unspecified atom stereocenters. The van der Waals surface area contributed by atoms with Gasteiger partial charge in [-0.05, 0) is 48.4 Å². The number of nitriles is 1. The van der Waals surface area contributed by atoms with Crippen molar-refractivity contribution >= 4 is 5.91 Å². The average molecular weight is 411 g/mol. The van der Waals surface area contributed by atoms with Crippen LogP contribution in [0.1, 0.15) is 24.4 Å². The summed E-state index contributed by atoms with van der Waals surface area (Å²) in [6.07, 6.45) is 1.00. The van der Waals surface area contributed by atoms with Crippen LogP contribution in [-0.4, -0.2) is 55.6 Å². The van der Waals surface area contributed by atoms with Crippen LogP contribution in [-0.2, 0) is 4.79 Å². The zero-order valence-corrected chi connectivity index (χ0v) is 17.1. The van der Waals surface area contributed by atoms with Gasteiger partial charge in [-0.3, -0.25) is 9.69 Å². The van der Waals surface area contributed by atoms with Gasteiger partial charge in [-0.1, -0.05) is 12.1 Å². The van der Waals surface area contributed by atoms with E-state index >= 15 is 0 Å². The topological polar surface area (TPSA) is 65.8 Å². The Morgan fingerprint density at radius 3 is 2.30 bits per heavy atom. The zero-order chi connectivity index (χ0) is 21.3. The van der Waals surface area contributed by atoms with E-state index in [9.17, 15) is 14.4 Å². The van der Waals surface area contributed by atoms with Gasteiger partial charge >= 0.3 is 0 Å². The Morgan fingerprint density at radius 1 is 1.07 bits per heavy atom. The van der Waals surface area contributed by atoms with Gasteiger partial charge in [-0.25, -0.2) is 4.39 Å². The molecule has 7 heteroatoms. The lowest BCUT2D eigenvalue weighted by Gasteiger charge is -2.37. The van der Waals surface area contributed by atoms with Gasteiger partial charge in [-0.2, -0.15) is 5.26 Å². The number of carbonyl (C=O) groups is 1. The lowest BCUT2D eigenvalue weighted by molar-refractivity contribution is -0.133. The molecular formula is C23H26FN3O3. The Hall–Kier alpha value is -3.11. The number of rotatable bonds is 8. The molecule has 0 bridgehead atoms. The van der Waals surface area contributed by atoms with Crippen molar-refractivity contribution in [3.8, 4) is 17.6 Å². The average Bonchev–Trinajstić information content (AvgIpc) is 2.79. The zero-order valence-electron chi connectivity index (χ0n) is 17.1. The third kappa shape index (κ3) is 5.71. The molecule has 1 aliphatic heterocycles. The van der Waals surface area contributed by atoms with Crippen LogP contribution in [0, 0.1) is 17.1 Å². The molecule has 0 spiro atoms. The molecular weight excluding hydrogens is 385 g/mol. The summed E-state index contributed by atoms with van der Waals surface area (Å²) in [7, 11) is 1.61. The Balaban J connectivity index is 1.41. The number of ether oxygens (including phenoxy) is 2. The lowest BCUT2D eigenvalue weighted by Crippen LogP contribution is -2.49. The Kier molecular flexibility index (Phi) is 7.63. The molecule has 3 rings (SSSR count). The van der Waals surface area contributed by atoms with Crippen LogP contribution >= 0.6 is 0 Å². The number of hydrogen-bond acceptors (Lipinski definition) is 5. The van der Waals surface area contributed by atoms with Crippen molar-refractivity contribution in [3.05, 3.63) is 59.9 Å². The Morgan fingerprint density at radius 2 is 1.70 bits per heavy atom. The highest BCUT2D eigenvalue weighted by Crippen LogP contribution is 2.24. The molecule has 1 amide bonds. The first kappa shape index (κ1) is 21.6. The molecule has 158 valence electrons. The lowest BCUT2D eigenvalue weighted by atomic mass is 10.1. The third-order valence-electron chi connectivity index (χ3n) is 5.20. The van der Waals surface area contributed by atoms with E-state index < -0.39 is 0 Å². The number of benzene rings is 2. The fraction of sp³-hybridized carbons (Fsp3) is 0.391. The van der Waals surface area contributed by atoms with E-state index in [1.807, 2.05) is 29.2 Å². The molecule has 1 aliphatic rings. The van der Waals surface area contributed by atoms with Gasteiger partial charge < -0.3 is 14.4 Å².